The first-order chi connectivity index (χ1) is 9.47. The number of halogens is 1. The molecule has 1 N–H and O–H groups in total. The lowest BCUT2D eigenvalue weighted by Crippen LogP contribution is -2.41. The van der Waals surface area contributed by atoms with Crippen molar-refractivity contribution >= 4 is 27.5 Å². The molecule has 1 aliphatic rings. The van der Waals surface area contributed by atoms with Gasteiger partial charge in [0.25, 0.3) is 11.6 Å². The Bertz CT molecular complexity index is 536. The Hall–Kier alpha value is -1.43. The molecule has 108 valence electrons. The minimum absolute atomic E-state index is 0.0912. The van der Waals surface area contributed by atoms with E-state index in [2.05, 4.69) is 28.2 Å². The first kappa shape index (κ1) is 15.0. The molecule has 0 radical (unpaired) electrons. The van der Waals surface area contributed by atoms with E-state index in [9.17, 15) is 14.9 Å². The molecule has 1 saturated carbocycles. The lowest BCUT2D eigenvalue weighted by atomic mass is 9.67. The van der Waals surface area contributed by atoms with E-state index in [0.29, 0.717) is 16.6 Å². The molecule has 5 nitrogen and oxygen atoms in total. The highest BCUT2D eigenvalue weighted by Gasteiger charge is 2.35. The van der Waals surface area contributed by atoms with Gasteiger partial charge in [0.1, 0.15) is 0 Å². The van der Waals surface area contributed by atoms with Crippen molar-refractivity contribution in [2.24, 2.45) is 5.41 Å². The van der Waals surface area contributed by atoms with Crippen LogP contribution in [-0.2, 0) is 0 Å². The van der Waals surface area contributed by atoms with Crippen LogP contribution in [0.15, 0.2) is 22.7 Å². The fraction of sp³-hybridized carbons (Fsp3) is 0.500. The van der Waals surface area contributed by atoms with E-state index in [1.807, 2.05) is 0 Å². The van der Waals surface area contributed by atoms with Gasteiger partial charge in [0, 0.05) is 18.2 Å². The summed E-state index contributed by atoms with van der Waals surface area (Å²) in [5, 5.41) is 13.8. The van der Waals surface area contributed by atoms with Gasteiger partial charge in [0.05, 0.1) is 9.40 Å². The van der Waals surface area contributed by atoms with Crippen molar-refractivity contribution in [2.75, 3.05) is 6.54 Å². The normalized spacial score (nSPS) is 16.3. The minimum atomic E-state index is -0.500. The maximum atomic E-state index is 12.1. The number of carbonyl (C=O) groups is 1. The molecule has 0 aromatic heterocycles. The van der Waals surface area contributed by atoms with Crippen molar-refractivity contribution in [3.63, 3.8) is 0 Å². The Morgan fingerprint density at radius 2 is 2.20 bits per heavy atom. The third-order valence-corrected chi connectivity index (χ3v) is 4.86. The van der Waals surface area contributed by atoms with Gasteiger partial charge in [-0.3, -0.25) is 14.9 Å². The molecule has 1 fully saturated rings. The second kappa shape index (κ2) is 5.91. The molecule has 1 aromatic carbocycles. The monoisotopic (exact) mass is 340 g/mol. The average molecular weight is 341 g/mol. The van der Waals surface area contributed by atoms with E-state index >= 15 is 0 Å². The predicted octanol–water partition coefficient (Wildman–Crippen LogP) is 3.67. The van der Waals surface area contributed by atoms with Crippen LogP contribution in [0.3, 0.4) is 0 Å². The minimum Gasteiger partial charge on any atom is -0.351 e. The molecular weight excluding hydrogens is 324 g/mol. The van der Waals surface area contributed by atoms with Gasteiger partial charge >= 0.3 is 0 Å². The van der Waals surface area contributed by atoms with Crippen LogP contribution in [0.2, 0.25) is 0 Å². The molecule has 0 unspecified atom stereocenters. The van der Waals surface area contributed by atoms with Crippen molar-refractivity contribution in [3.8, 4) is 0 Å². The van der Waals surface area contributed by atoms with E-state index in [-0.39, 0.29) is 17.0 Å². The van der Waals surface area contributed by atoms with Gasteiger partial charge in [-0.05, 0) is 52.7 Å². The first-order valence-electron chi connectivity index (χ1n) is 6.69. The Morgan fingerprint density at radius 3 is 2.70 bits per heavy atom. The van der Waals surface area contributed by atoms with Crippen LogP contribution >= 0.6 is 15.9 Å². The van der Waals surface area contributed by atoms with Crippen LogP contribution in [0.1, 0.15) is 43.0 Å². The third kappa shape index (κ3) is 3.00. The number of nitrogens with zero attached hydrogens (tertiary/aromatic N) is 1. The summed E-state index contributed by atoms with van der Waals surface area (Å²) in [4.78, 5) is 22.4. The smallest absolute Gasteiger partial charge is 0.284 e. The zero-order chi connectivity index (χ0) is 14.8. The Morgan fingerprint density at radius 1 is 1.50 bits per heavy atom. The molecule has 20 heavy (non-hydrogen) atoms. The third-order valence-electron chi connectivity index (χ3n) is 4.19. The van der Waals surface area contributed by atoms with Crippen LogP contribution in [-0.4, -0.2) is 17.4 Å². The molecule has 0 atom stereocenters. The summed E-state index contributed by atoms with van der Waals surface area (Å²) in [5.74, 6) is -0.250. The summed E-state index contributed by atoms with van der Waals surface area (Å²) in [6.07, 6.45) is 4.55. The van der Waals surface area contributed by atoms with Crippen LogP contribution in [0.25, 0.3) is 0 Å². The van der Waals surface area contributed by atoms with Crippen molar-refractivity contribution in [1.29, 1.82) is 0 Å². The van der Waals surface area contributed by atoms with E-state index in [0.717, 1.165) is 19.3 Å². The molecule has 0 aliphatic heterocycles. The molecule has 0 spiro atoms. The topological polar surface area (TPSA) is 72.2 Å². The highest BCUT2D eigenvalue weighted by Crippen LogP contribution is 2.43. The van der Waals surface area contributed by atoms with Crippen molar-refractivity contribution in [1.82, 2.24) is 5.32 Å². The van der Waals surface area contributed by atoms with Gasteiger partial charge in [-0.2, -0.15) is 0 Å². The number of carbonyl (C=O) groups excluding carboxylic acids is 1. The van der Waals surface area contributed by atoms with Gasteiger partial charge in [-0.15, -0.1) is 0 Å². The summed E-state index contributed by atoms with van der Waals surface area (Å²) in [7, 11) is 0. The summed E-state index contributed by atoms with van der Waals surface area (Å²) >= 11 is 3.11. The van der Waals surface area contributed by atoms with Crippen molar-refractivity contribution < 1.29 is 9.72 Å². The zero-order valence-corrected chi connectivity index (χ0v) is 12.9. The van der Waals surface area contributed by atoms with Crippen LogP contribution in [0.5, 0.6) is 0 Å². The summed E-state index contributed by atoms with van der Waals surface area (Å²) < 4.78 is 0.378. The van der Waals surface area contributed by atoms with E-state index in [4.69, 9.17) is 0 Å². The molecule has 6 heteroatoms. The number of nitrogens with one attached hydrogen (secondary N) is 1. The number of nitro benzene ring substituents is 1. The maximum Gasteiger partial charge on any atom is 0.284 e. The Kier molecular flexibility index (Phi) is 4.42. The number of benzene rings is 1. The fourth-order valence-electron chi connectivity index (χ4n) is 2.50. The van der Waals surface area contributed by atoms with E-state index < -0.39 is 4.92 Å². The summed E-state index contributed by atoms with van der Waals surface area (Å²) in [6, 6.07) is 4.43. The maximum absolute atomic E-state index is 12.1. The zero-order valence-electron chi connectivity index (χ0n) is 11.3. The molecule has 1 aliphatic carbocycles. The first-order valence-corrected chi connectivity index (χ1v) is 7.49. The molecular formula is C14H17BrN2O3. The lowest BCUT2D eigenvalue weighted by molar-refractivity contribution is -0.385. The molecule has 1 aromatic rings. The van der Waals surface area contributed by atoms with Crippen LogP contribution < -0.4 is 5.32 Å². The fourth-order valence-corrected chi connectivity index (χ4v) is 2.89. The van der Waals surface area contributed by atoms with Gasteiger partial charge in [-0.25, -0.2) is 0 Å². The highest BCUT2D eigenvalue weighted by atomic mass is 79.9. The number of hydrogen-bond donors (Lipinski definition) is 1. The predicted molar refractivity (Wildman–Crippen MR) is 79.7 cm³/mol. The quantitative estimate of drug-likeness (QED) is 0.656. The summed E-state index contributed by atoms with van der Waals surface area (Å²) in [5.41, 5.74) is 0.466. The van der Waals surface area contributed by atoms with Crippen LogP contribution in [0.4, 0.5) is 5.69 Å². The second-order valence-electron chi connectivity index (χ2n) is 5.31. The van der Waals surface area contributed by atoms with Gasteiger partial charge in [0.15, 0.2) is 0 Å². The molecule has 2 rings (SSSR count). The summed E-state index contributed by atoms with van der Waals surface area (Å²) in [6.45, 7) is 2.78. The SMILES string of the molecule is CCC1(CNC(=O)c2ccc(Br)c([N+](=O)[O-])c2)CCC1. The Labute approximate surface area is 126 Å². The molecule has 0 heterocycles. The number of rotatable bonds is 5. The largest absolute Gasteiger partial charge is 0.351 e. The Balaban J connectivity index is 2.06. The number of amides is 1. The standard InChI is InChI=1S/C14H17BrN2O3/c1-2-14(6-3-7-14)9-16-13(18)10-4-5-11(15)12(8-10)17(19)20/h4-5,8H,2-3,6-7,9H2,1H3,(H,16,18). The van der Waals surface area contributed by atoms with Gasteiger partial charge in [0.2, 0.25) is 0 Å². The number of hydrogen-bond acceptors (Lipinski definition) is 3. The molecule has 0 saturated heterocycles. The van der Waals surface area contributed by atoms with E-state index in [1.165, 1.54) is 18.6 Å². The lowest BCUT2D eigenvalue weighted by Gasteiger charge is -2.41. The van der Waals surface area contributed by atoms with Gasteiger partial charge in [-0.1, -0.05) is 13.3 Å². The molecule has 0 bridgehead atoms. The van der Waals surface area contributed by atoms with Crippen molar-refractivity contribution in [3.05, 3.63) is 38.3 Å². The number of nitro groups is 1. The molecule has 1 amide bonds. The van der Waals surface area contributed by atoms with Gasteiger partial charge < -0.3 is 5.32 Å². The van der Waals surface area contributed by atoms with E-state index in [1.54, 1.807) is 6.07 Å². The van der Waals surface area contributed by atoms with Crippen LogP contribution in [0, 0.1) is 15.5 Å². The average Bonchev–Trinajstić information content (AvgIpc) is 2.38. The second-order valence-corrected chi connectivity index (χ2v) is 6.17. The highest BCUT2D eigenvalue weighted by molar-refractivity contribution is 9.10. The van der Waals surface area contributed by atoms with Crippen molar-refractivity contribution in [2.45, 2.75) is 32.6 Å².